The second-order valence-corrected chi connectivity index (χ2v) is 7.74. The molecule has 3 heteroatoms. The summed E-state index contributed by atoms with van der Waals surface area (Å²) in [6.07, 6.45) is 8.97. The van der Waals surface area contributed by atoms with Gasteiger partial charge >= 0.3 is 0 Å². The smallest absolute Gasteiger partial charge is 0.145 e. The monoisotopic (exact) mass is 328 g/mol. The van der Waals surface area contributed by atoms with Crippen LogP contribution in [0.15, 0.2) is 23.8 Å². The van der Waals surface area contributed by atoms with Crippen molar-refractivity contribution in [1.82, 2.24) is 0 Å². The number of allylic oxidation sites excluding steroid dienone is 2. The average Bonchev–Trinajstić information content (AvgIpc) is 2.53. The Morgan fingerprint density at radius 2 is 2.12 bits per heavy atom. The van der Waals surface area contributed by atoms with Crippen molar-refractivity contribution in [2.45, 2.75) is 70.8 Å². The lowest BCUT2D eigenvalue weighted by Gasteiger charge is -2.46. The molecule has 0 bridgehead atoms. The third-order valence-corrected chi connectivity index (χ3v) is 5.61. The van der Waals surface area contributed by atoms with Crippen molar-refractivity contribution in [2.24, 2.45) is 5.92 Å². The predicted octanol–water partition coefficient (Wildman–Crippen LogP) is 4.91. The summed E-state index contributed by atoms with van der Waals surface area (Å²) in [6, 6.07) is 3.99. The maximum Gasteiger partial charge on any atom is 0.145 e. The molecule has 0 saturated carbocycles. The van der Waals surface area contributed by atoms with E-state index in [-0.39, 0.29) is 17.4 Å². The first-order valence-corrected chi connectivity index (χ1v) is 9.15. The molecule has 1 aromatic carbocycles. The number of hydrogen-bond donors (Lipinski definition) is 1. The van der Waals surface area contributed by atoms with Crippen molar-refractivity contribution in [2.75, 3.05) is 0 Å². The Bertz CT molecular complexity index is 657. The van der Waals surface area contributed by atoms with Gasteiger partial charge in [0.2, 0.25) is 0 Å². The van der Waals surface area contributed by atoms with Gasteiger partial charge in [-0.05, 0) is 62.8 Å². The predicted molar refractivity (Wildman–Crippen MR) is 95.7 cm³/mol. The fourth-order valence-corrected chi connectivity index (χ4v) is 4.30. The maximum absolute atomic E-state index is 11.2. The van der Waals surface area contributed by atoms with Crippen LogP contribution in [0, 0.1) is 5.92 Å². The van der Waals surface area contributed by atoms with Gasteiger partial charge in [0.25, 0.3) is 0 Å². The lowest BCUT2D eigenvalue weighted by atomic mass is 9.67. The van der Waals surface area contributed by atoms with Gasteiger partial charge < -0.3 is 9.84 Å². The first kappa shape index (κ1) is 17.1. The fraction of sp³-hybridized carbons (Fsp3) is 0.571. The van der Waals surface area contributed by atoms with Crippen LogP contribution in [0.25, 0.3) is 0 Å². The molecule has 130 valence electrons. The second kappa shape index (κ2) is 6.62. The third-order valence-electron chi connectivity index (χ3n) is 5.61. The quantitative estimate of drug-likeness (QED) is 0.617. The minimum absolute atomic E-state index is 0.152. The van der Waals surface area contributed by atoms with Crippen LogP contribution in [0.3, 0.4) is 0 Å². The molecule has 0 radical (unpaired) electrons. The number of phenols is 1. The van der Waals surface area contributed by atoms with E-state index in [0.29, 0.717) is 12.2 Å². The van der Waals surface area contributed by atoms with Gasteiger partial charge in [-0.3, -0.25) is 4.79 Å². The van der Waals surface area contributed by atoms with Crippen LogP contribution in [0.2, 0.25) is 0 Å². The molecular weight excluding hydrogens is 300 g/mol. The number of fused-ring (bicyclic) bond motifs is 3. The maximum atomic E-state index is 11.2. The van der Waals surface area contributed by atoms with Crippen LogP contribution in [-0.2, 0) is 11.2 Å². The summed E-state index contributed by atoms with van der Waals surface area (Å²) in [5.41, 5.74) is 2.57. The van der Waals surface area contributed by atoms with Crippen molar-refractivity contribution in [3.63, 3.8) is 0 Å². The Labute approximate surface area is 144 Å². The molecule has 0 unspecified atom stereocenters. The lowest BCUT2D eigenvalue weighted by molar-refractivity contribution is -0.105. The van der Waals surface area contributed by atoms with Gasteiger partial charge in [-0.1, -0.05) is 25.8 Å². The van der Waals surface area contributed by atoms with Crippen molar-refractivity contribution in [1.29, 1.82) is 0 Å². The Balaban J connectivity index is 1.97. The van der Waals surface area contributed by atoms with E-state index in [4.69, 9.17) is 4.74 Å². The topological polar surface area (TPSA) is 46.5 Å². The van der Waals surface area contributed by atoms with E-state index in [1.54, 1.807) is 0 Å². The molecule has 1 aliphatic carbocycles. The zero-order valence-electron chi connectivity index (χ0n) is 15.0. The third kappa shape index (κ3) is 3.09. The van der Waals surface area contributed by atoms with E-state index >= 15 is 0 Å². The summed E-state index contributed by atoms with van der Waals surface area (Å²) < 4.78 is 6.31. The van der Waals surface area contributed by atoms with E-state index in [1.165, 1.54) is 12.8 Å². The highest BCUT2D eigenvalue weighted by molar-refractivity contribution is 5.74. The molecule has 0 fully saturated rings. The van der Waals surface area contributed by atoms with Crippen LogP contribution in [0.4, 0.5) is 0 Å². The molecule has 0 amide bonds. The Hall–Kier alpha value is -1.77. The van der Waals surface area contributed by atoms with Gasteiger partial charge in [0.15, 0.2) is 0 Å². The Kier molecular flexibility index (Phi) is 4.71. The van der Waals surface area contributed by atoms with Crippen LogP contribution in [-0.4, -0.2) is 17.0 Å². The highest BCUT2D eigenvalue weighted by Gasteiger charge is 2.46. The van der Waals surface area contributed by atoms with E-state index in [0.717, 1.165) is 48.0 Å². The molecule has 24 heavy (non-hydrogen) atoms. The number of aldehydes is 1. The fourth-order valence-electron chi connectivity index (χ4n) is 4.30. The summed E-state index contributed by atoms with van der Waals surface area (Å²) >= 11 is 0. The molecule has 2 atom stereocenters. The number of phenolic OH excluding ortho intramolecular Hbond substituents is 1. The highest BCUT2D eigenvalue weighted by atomic mass is 16.5. The number of benzene rings is 1. The van der Waals surface area contributed by atoms with Crippen LogP contribution >= 0.6 is 0 Å². The summed E-state index contributed by atoms with van der Waals surface area (Å²) in [7, 11) is 0. The molecular formula is C21H28O3. The van der Waals surface area contributed by atoms with Crippen molar-refractivity contribution in [3.05, 3.63) is 34.9 Å². The number of aromatic hydroxyl groups is 1. The summed E-state index contributed by atoms with van der Waals surface area (Å²) in [5.74, 6) is 1.57. The van der Waals surface area contributed by atoms with Crippen molar-refractivity contribution in [3.8, 4) is 11.5 Å². The van der Waals surface area contributed by atoms with Crippen LogP contribution in [0.5, 0.6) is 11.5 Å². The number of rotatable bonds is 5. The van der Waals surface area contributed by atoms with Gasteiger partial charge in [0, 0.05) is 17.4 Å². The number of carbonyl (C=O) groups excluding carboxylic acids is 1. The molecule has 3 nitrogen and oxygen atoms in total. The Morgan fingerprint density at radius 3 is 2.83 bits per heavy atom. The minimum Gasteiger partial charge on any atom is -0.508 e. The van der Waals surface area contributed by atoms with Crippen LogP contribution < -0.4 is 4.74 Å². The van der Waals surface area contributed by atoms with Crippen molar-refractivity contribution < 1.29 is 14.6 Å². The average molecular weight is 328 g/mol. The lowest BCUT2D eigenvalue weighted by Crippen LogP contribution is -2.45. The molecule has 1 heterocycles. The summed E-state index contributed by atoms with van der Waals surface area (Å²) in [4.78, 5) is 11.2. The molecule has 0 aromatic heterocycles. The zero-order chi connectivity index (χ0) is 17.3. The van der Waals surface area contributed by atoms with E-state index in [9.17, 15) is 9.90 Å². The molecule has 1 aromatic rings. The van der Waals surface area contributed by atoms with E-state index in [2.05, 4.69) is 26.8 Å². The van der Waals surface area contributed by atoms with E-state index in [1.807, 2.05) is 12.1 Å². The first-order chi connectivity index (χ1) is 11.5. The number of ether oxygens (including phenoxy) is 1. The van der Waals surface area contributed by atoms with Gasteiger partial charge in [0.1, 0.15) is 23.4 Å². The van der Waals surface area contributed by atoms with Crippen LogP contribution in [0.1, 0.15) is 69.9 Å². The molecule has 2 aliphatic rings. The van der Waals surface area contributed by atoms with Gasteiger partial charge in [0.05, 0.1) is 0 Å². The largest absolute Gasteiger partial charge is 0.508 e. The van der Waals surface area contributed by atoms with Gasteiger partial charge in [-0.25, -0.2) is 0 Å². The normalized spacial score (nSPS) is 24.4. The number of aryl methyl sites for hydroxylation is 1. The number of unbranched alkanes of at least 4 members (excludes halogenated alkanes) is 2. The summed E-state index contributed by atoms with van der Waals surface area (Å²) in [5, 5.41) is 10.7. The van der Waals surface area contributed by atoms with E-state index < -0.39 is 0 Å². The van der Waals surface area contributed by atoms with Gasteiger partial charge in [-0.15, -0.1) is 0 Å². The first-order valence-electron chi connectivity index (χ1n) is 9.15. The zero-order valence-corrected chi connectivity index (χ0v) is 15.0. The molecule has 0 saturated heterocycles. The standard InChI is InChI=1S/C21H28O3/c1-4-5-6-7-14-11-18(23)20-16-10-15(13-22)8-9-17(16)21(2,3)24-19(20)12-14/h8,11-13,16-17,23H,4-7,9-10H2,1-3H3/t16-,17-/m0/s1. The van der Waals surface area contributed by atoms with Gasteiger partial charge in [-0.2, -0.15) is 0 Å². The second-order valence-electron chi connectivity index (χ2n) is 7.74. The van der Waals surface area contributed by atoms with Crippen molar-refractivity contribution >= 4 is 6.29 Å². The SMILES string of the molecule is CCCCCc1cc(O)c2c(c1)OC(C)(C)[C@H]1CC=C(C=O)C[C@H]21. The highest BCUT2D eigenvalue weighted by Crippen LogP contribution is 2.54. The molecule has 1 N–H and O–H groups in total. The molecule has 3 rings (SSSR count). The summed E-state index contributed by atoms with van der Waals surface area (Å²) in [6.45, 7) is 6.43. The number of hydrogen-bond acceptors (Lipinski definition) is 3. The number of carbonyl (C=O) groups is 1. The Morgan fingerprint density at radius 1 is 1.33 bits per heavy atom. The molecule has 0 spiro atoms. The minimum atomic E-state index is -0.295. The molecule has 1 aliphatic heterocycles.